The first-order valence-electron chi connectivity index (χ1n) is 7.34. The third kappa shape index (κ3) is 4.91. The number of carbonyl (C=O) groups excluding carboxylic acids is 1. The van der Waals surface area contributed by atoms with Crippen LogP contribution in [0.15, 0.2) is 18.2 Å². The topological polar surface area (TPSA) is 40.5 Å². The van der Waals surface area contributed by atoms with Crippen LogP contribution in [-0.4, -0.2) is 35.6 Å². The van der Waals surface area contributed by atoms with E-state index in [-0.39, 0.29) is 18.6 Å². The van der Waals surface area contributed by atoms with Gasteiger partial charge in [0.15, 0.2) is 0 Å². The SMILES string of the molecule is Cc1ccc(C(=O)N(C)C(C)CC(C)C)cc1C#CCO. The van der Waals surface area contributed by atoms with Gasteiger partial charge >= 0.3 is 0 Å². The summed E-state index contributed by atoms with van der Waals surface area (Å²) in [6, 6.07) is 5.74. The van der Waals surface area contributed by atoms with Crippen molar-refractivity contribution in [3.05, 3.63) is 34.9 Å². The molecule has 0 aliphatic heterocycles. The van der Waals surface area contributed by atoms with Crippen molar-refractivity contribution in [3.8, 4) is 11.8 Å². The quantitative estimate of drug-likeness (QED) is 0.865. The maximum absolute atomic E-state index is 12.5. The molecule has 1 aromatic rings. The summed E-state index contributed by atoms with van der Waals surface area (Å²) in [7, 11) is 1.84. The predicted octanol–water partition coefficient (Wildman–Crippen LogP) is 2.85. The highest BCUT2D eigenvalue weighted by atomic mass is 16.2. The number of hydrogen-bond donors (Lipinski definition) is 1. The first kappa shape index (κ1) is 17.3. The van der Waals surface area contributed by atoms with Crippen molar-refractivity contribution in [3.63, 3.8) is 0 Å². The third-order valence-corrected chi connectivity index (χ3v) is 3.58. The summed E-state index contributed by atoms with van der Waals surface area (Å²) in [4.78, 5) is 14.3. The number of aliphatic hydroxyl groups is 1. The van der Waals surface area contributed by atoms with Gasteiger partial charge in [0, 0.05) is 24.2 Å². The van der Waals surface area contributed by atoms with Gasteiger partial charge in [-0.25, -0.2) is 0 Å². The largest absolute Gasteiger partial charge is 0.384 e. The maximum atomic E-state index is 12.5. The van der Waals surface area contributed by atoms with Crippen LogP contribution >= 0.6 is 0 Å². The van der Waals surface area contributed by atoms with Crippen LogP contribution in [0.4, 0.5) is 0 Å². The van der Waals surface area contributed by atoms with Crippen molar-refractivity contribution in [1.82, 2.24) is 4.90 Å². The fraction of sp³-hybridized carbons (Fsp3) is 0.500. The molecule has 1 unspecified atom stereocenters. The average molecular weight is 287 g/mol. The van der Waals surface area contributed by atoms with E-state index in [0.717, 1.165) is 17.5 Å². The summed E-state index contributed by atoms with van der Waals surface area (Å²) in [5, 5.41) is 8.79. The van der Waals surface area contributed by atoms with Gasteiger partial charge in [0.05, 0.1) is 0 Å². The summed E-state index contributed by atoms with van der Waals surface area (Å²) in [5.74, 6) is 6.08. The molecule has 0 spiro atoms. The van der Waals surface area contributed by atoms with E-state index >= 15 is 0 Å². The standard InChI is InChI=1S/C18H25NO2/c1-13(2)11-15(4)19(5)18(21)17-9-8-14(3)16(12-17)7-6-10-20/h8-9,12-13,15,20H,10-11H2,1-5H3. The number of benzene rings is 1. The molecule has 1 amide bonds. The van der Waals surface area contributed by atoms with E-state index in [9.17, 15) is 4.79 Å². The molecular formula is C18H25NO2. The Labute approximate surface area is 128 Å². The Morgan fingerprint density at radius 3 is 2.57 bits per heavy atom. The molecule has 0 aliphatic carbocycles. The van der Waals surface area contributed by atoms with Crippen molar-refractivity contribution in [2.24, 2.45) is 5.92 Å². The zero-order chi connectivity index (χ0) is 16.0. The molecular weight excluding hydrogens is 262 g/mol. The molecule has 0 bridgehead atoms. The van der Waals surface area contributed by atoms with Crippen molar-refractivity contribution >= 4 is 5.91 Å². The van der Waals surface area contributed by atoms with Crippen LogP contribution in [0.5, 0.6) is 0 Å². The number of nitrogens with zero attached hydrogens (tertiary/aromatic N) is 1. The molecule has 1 N–H and O–H groups in total. The molecule has 0 aromatic heterocycles. The Balaban J connectivity index is 2.97. The number of aryl methyl sites for hydroxylation is 1. The smallest absolute Gasteiger partial charge is 0.253 e. The summed E-state index contributed by atoms with van der Waals surface area (Å²) >= 11 is 0. The lowest BCUT2D eigenvalue weighted by atomic mass is 10.0. The van der Waals surface area contributed by atoms with Crippen LogP contribution in [0.25, 0.3) is 0 Å². The van der Waals surface area contributed by atoms with Gasteiger partial charge in [-0.05, 0) is 43.9 Å². The summed E-state index contributed by atoms with van der Waals surface area (Å²) in [6.45, 7) is 8.15. The van der Waals surface area contributed by atoms with Gasteiger partial charge in [0.2, 0.25) is 0 Å². The van der Waals surface area contributed by atoms with Gasteiger partial charge in [0.25, 0.3) is 5.91 Å². The van der Waals surface area contributed by atoms with Crippen molar-refractivity contribution in [2.45, 2.75) is 40.2 Å². The summed E-state index contributed by atoms with van der Waals surface area (Å²) in [5.41, 5.74) is 2.44. The molecule has 3 heteroatoms. The highest BCUT2D eigenvalue weighted by molar-refractivity contribution is 5.94. The van der Waals surface area contributed by atoms with E-state index in [1.54, 1.807) is 11.0 Å². The van der Waals surface area contributed by atoms with Gasteiger partial charge in [-0.2, -0.15) is 0 Å². The monoisotopic (exact) mass is 287 g/mol. The summed E-state index contributed by atoms with van der Waals surface area (Å²) in [6.07, 6.45) is 0.977. The van der Waals surface area contributed by atoms with Crippen LogP contribution in [0.2, 0.25) is 0 Å². The van der Waals surface area contributed by atoms with Gasteiger partial charge in [-0.1, -0.05) is 31.8 Å². The highest BCUT2D eigenvalue weighted by Gasteiger charge is 2.18. The number of hydrogen-bond acceptors (Lipinski definition) is 2. The maximum Gasteiger partial charge on any atom is 0.253 e. The molecule has 21 heavy (non-hydrogen) atoms. The number of rotatable bonds is 4. The molecule has 0 radical (unpaired) electrons. The molecule has 0 aliphatic rings. The lowest BCUT2D eigenvalue weighted by molar-refractivity contribution is 0.0728. The van der Waals surface area contributed by atoms with Gasteiger partial charge in [-0.3, -0.25) is 4.79 Å². The van der Waals surface area contributed by atoms with E-state index < -0.39 is 0 Å². The summed E-state index contributed by atoms with van der Waals surface area (Å²) < 4.78 is 0. The molecule has 3 nitrogen and oxygen atoms in total. The number of carbonyl (C=O) groups is 1. The van der Waals surface area contributed by atoms with Crippen LogP contribution in [0.3, 0.4) is 0 Å². The Morgan fingerprint density at radius 1 is 1.33 bits per heavy atom. The van der Waals surface area contributed by atoms with Crippen LogP contribution in [0, 0.1) is 24.7 Å². The van der Waals surface area contributed by atoms with E-state index in [0.29, 0.717) is 11.5 Å². The zero-order valence-corrected chi connectivity index (χ0v) is 13.6. The van der Waals surface area contributed by atoms with Crippen molar-refractivity contribution in [2.75, 3.05) is 13.7 Å². The first-order valence-corrected chi connectivity index (χ1v) is 7.34. The minimum Gasteiger partial charge on any atom is -0.384 e. The zero-order valence-electron chi connectivity index (χ0n) is 13.6. The third-order valence-electron chi connectivity index (χ3n) is 3.58. The first-order chi connectivity index (χ1) is 9.86. The van der Waals surface area contributed by atoms with Gasteiger partial charge in [-0.15, -0.1) is 0 Å². The fourth-order valence-corrected chi connectivity index (χ4v) is 2.27. The Kier molecular flexibility index (Phi) is 6.45. The Hall–Kier alpha value is -1.79. The highest BCUT2D eigenvalue weighted by Crippen LogP contribution is 2.16. The van der Waals surface area contributed by atoms with Gasteiger partial charge in [0.1, 0.15) is 6.61 Å². The molecule has 0 saturated heterocycles. The van der Waals surface area contributed by atoms with Crippen LogP contribution in [0.1, 0.15) is 48.7 Å². The second kappa shape index (κ2) is 7.85. The predicted molar refractivity (Wildman–Crippen MR) is 86.2 cm³/mol. The van der Waals surface area contributed by atoms with E-state index in [2.05, 4.69) is 32.6 Å². The number of aliphatic hydroxyl groups excluding tert-OH is 1. The Bertz CT molecular complexity index is 552. The lowest BCUT2D eigenvalue weighted by Crippen LogP contribution is -2.35. The molecule has 114 valence electrons. The van der Waals surface area contributed by atoms with E-state index in [1.807, 2.05) is 26.1 Å². The number of amides is 1. The van der Waals surface area contributed by atoms with E-state index in [4.69, 9.17) is 5.11 Å². The minimum atomic E-state index is -0.178. The molecule has 0 heterocycles. The average Bonchev–Trinajstić information content (AvgIpc) is 2.44. The Morgan fingerprint density at radius 2 is 2.00 bits per heavy atom. The molecule has 0 saturated carbocycles. The lowest BCUT2D eigenvalue weighted by Gasteiger charge is -2.26. The molecule has 1 aromatic carbocycles. The van der Waals surface area contributed by atoms with Crippen molar-refractivity contribution in [1.29, 1.82) is 0 Å². The fourth-order valence-electron chi connectivity index (χ4n) is 2.27. The molecule has 1 atom stereocenters. The second-order valence-electron chi connectivity index (χ2n) is 5.88. The molecule has 0 fully saturated rings. The van der Waals surface area contributed by atoms with Gasteiger partial charge < -0.3 is 10.0 Å². The van der Waals surface area contributed by atoms with E-state index in [1.165, 1.54) is 0 Å². The second-order valence-corrected chi connectivity index (χ2v) is 5.88. The van der Waals surface area contributed by atoms with Crippen LogP contribution < -0.4 is 0 Å². The molecule has 1 rings (SSSR count). The van der Waals surface area contributed by atoms with Crippen molar-refractivity contribution < 1.29 is 9.90 Å². The minimum absolute atomic E-state index is 0.00944. The van der Waals surface area contributed by atoms with Crippen LogP contribution in [-0.2, 0) is 0 Å². The normalized spacial score (nSPS) is 11.8.